The van der Waals surface area contributed by atoms with E-state index in [4.69, 9.17) is 4.74 Å². The van der Waals surface area contributed by atoms with Crippen molar-refractivity contribution in [3.05, 3.63) is 35.9 Å². The molecule has 20 heavy (non-hydrogen) atoms. The number of piperidine rings is 1. The fourth-order valence-corrected chi connectivity index (χ4v) is 3.69. The summed E-state index contributed by atoms with van der Waals surface area (Å²) in [7, 11) is 1.82. The Kier molecular flexibility index (Phi) is 3.79. The molecule has 1 aromatic rings. The van der Waals surface area contributed by atoms with Gasteiger partial charge in [-0.15, -0.1) is 0 Å². The summed E-state index contributed by atoms with van der Waals surface area (Å²) in [5.41, 5.74) is 1.48. The Bertz CT molecular complexity index is 461. The van der Waals surface area contributed by atoms with Crippen molar-refractivity contribution in [2.24, 2.45) is 5.41 Å². The number of hydrogen-bond donors (Lipinski definition) is 0. The van der Waals surface area contributed by atoms with Crippen molar-refractivity contribution in [1.29, 1.82) is 0 Å². The second-order valence-electron chi connectivity index (χ2n) is 6.17. The highest BCUT2D eigenvalue weighted by atomic mass is 16.5. The van der Waals surface area contributed by atoms with Gasteiger partial charge in [-0.1, -0.05) is 30.3 Å². The minimum absolute atomic E-state index is 0.263. The van der Waals surface area contributed by atoms with Crippen molar-refractivity contribution in [2.45, 2.75) is 38.2 Å². The van der Waals surface area contributed by atoms with Crippen LogP contribution in [-0.2, 0) is 16.0 Å². The van der Waals surface area contributed by atoms with Crippen LogP contribution in [0.2, 0.25) is 0 Å². The number of carbonyl (C=O) groups is 1. The molecule has 2 fully saturated rings. The molecule has 1 atom stereocenters. The first-order chi connectivity index (χ1) is 9.73. The maximum absolute atomic E-state index is 12.3. The quantitative estimate of drug-likeness (QED) is 0.847. The number of likely N-dealkylation sites (tertiary alicyclic amines) is 1. The fraction of sp³-hybridized carbons (Fsp3) is 0.588. The molecule has 1 spiro atoms. The number of hydrogen-bond acceptors (Lipinski definition) is 2. The number of rotatable bonds is 3. The van der Waals surface area contributed by atoms with Gasteiger partial charge in [0.25, 0.3) is 0 Å². The van der Waals surface area contributed by atoms with Gasteiger partial charge < -0.3 is 9.64 Å². The van der Waals surface area contributed by atoms with E-state index in [0.717, 1.165) is 31.5 Å². The molecule has 1 saturated heterocycles. The summed E-state index contributed by atoms with van der Waals surface area (Å²) in [6.45, 7) is 1.79. The molecule has 0 radical (unpaired) electrons. The van der Waals surface area contributed by atoms with E-state index in [2.05, 4.69) is 0 Å². The second kappa shape index (κ2) is 5.57. The molecule has 1 amide bonds. The lowest BCUT2D eigenvalue weighted by atomic mass is 9.61. The van der Waals surface area contributed by atoms with Gasteiger partial charge in [0.2, 0.25) is 5.91 Å². The van der Waals surface area contributed by atoms with Gasteiger partial charge in [-0.3, -0.25) is 4.79 Å². The molecule has 1 aromatic carbocycles. The van der Waals surface area contributed by atoms with Crippen molar-refractivity contribution < 1.29 is 9.53 Å². The maximum Gasteiger partial charge on any atom is 0.226 e. The monoisotopic (exact) mass is 273 g/mol. The van der Waals surface area contributed by atoms with E-state index in [1.807, 2.05) is 42.3 Å². The summed E-state index contributed by atoms with van der Waals surface area (Å²) in [4.78, 5) is 14.4. The van der Waals surface area contributed by atoms with Crippen LogP contribution >= 0.6 is 0 Å². The third-order valence-electron chi connectivity index (χ3n) is 5.18. The summed E-state index contributed by atoms with van der Waals surface area (Å²) >= 11 is 0. The number of benzene rings is 1. The summed E-state index contributed by atoms with van der Waals surface area (Å²) in [6, 6.07) is 10.0. The molecule has 0 aromatic heterocycles. The van der Waals surface area contributed by atoms with Gasteiger partial charge in [-0.2, -0.15) is 0 Å². The number of nitrogens with zero attached hydrogens (tertiary/aromatic N) is 1. The Morgan fingerprint density at radius 2 is 1.95 bits per heavy atom. The molecule has 0 bridgehead atoms. The lowest BCUT2D eigenvalue weighted by Gasteiger charge is -2.53. The zero-order valence-corrected chi connectivity index (χ0v) is 12.2. The number of amides is 1. The first-order valence-corrected chi connectivity index (χ1v) is 7.58. The van der Waals surface area contributed by atoms with Gasteiger partial charge in [0.05, 0.1) is 12.5 Å². The highest BCUT2D eigenvalue weighted by Crippen LogP contribution is 2.50. The van der Waals surface area contributed by atoms with Crippen LogP contribution in [0.5, 0.6) is 0 Å². The van der Waals surface area contributed by atoms with Crippen LogP contribution in [0.25, 0.3) is 0 Å². The molecule has 2 aliphatic rings. The Hall–Kier alpha value is -1.35. The maximum atomic E-state index is 12.3. The zero-order valence-electron chi connectivity index (χ0n) is 12.2. The summed E-state index contributed by atoms with van der Waals surface area (Å²) in [5.74, 6) is 0.263. The Balaban J connectivity index is 1.54. The number of carbonyl (C=O) groups excluding carboxylic acids is 1. The third-order valence-corrected chi connectivity index (χ3v) is 5.18. The van der Waals surface area contributed by atoms with Crippen molar-refractivity contribution in [2.75, 3.05) is 20.2 Å². The van der Waals surface area contributed by atoms with E-state index in [1.165, 1.54) is 12.8 Å². The fourth-order valence-electron chi connectivity index (χ4n) is 3.69. The van der Waals surface area contributed by atoms with E-state index in [-0.39, 0.29) is 5.91 Å². The van der Waals surface area contributed by atoms with Crippen LogP contribution in [-0.4, -0.2) is 37.1 Å². The average Bonchev–Trinajstić information content (AvgIpc) is 2.48. The third kappa shape index (κ3) is 2.47. The summed E-state index contributed by atoms with van der Waals surface area (Å²) in [5, 5.41) is 0. The summed E-state index contributed by atoms with van der Waals surface area (Å²) in [6.07, 6.45) is 5.62. The molecule has 1 aliphatic carbocycles. The van der Waals surface area contributed by atoms with E-state index in [1.54, 1.807) is 0 Å². The highest BCUT2D eigenvalue weighted by Gasteiger charge is 2.48. The minimum atomic E-state index is 0.263. The van der Waals surface area contributed by atoms with E-state index >= 15 is 0 Å². The van der Waals surface area contributed by atoms with Gasteiger partial charge in [0.1, 0.15) is 0 Å². The molecular weight excluding hydrogens is 250 g/mol. The first-order valence-electron chi connectivity index (χ1n) is 7.58. The van der Waals surface area contributed by atoms with Crippen LogP contribution in [0, 0.1) is 5.41 Å². The lowest BCUT2D eigenvalue weighted by Crippen LogP contribution is -2.54. The van der Waals surface area contributed by atoms with Crippen LogP contribution in [0.3, 0.4) is 0 Å². The van der Waals surface area contributed by atoms with Crippen molar-refractivity contribution >= 4 is 5.91 Å². The molecule has 3 heteroatoms. The SMILES string of the molecule is COC1CCC12CCN(C(=O)Cc1ccccc1)CC2. The number of methoxy groups -OCH3 is 1. The Labute approximate surface area is 120 Å². The normalized spacial score (nSPS) is 24.4. The standard InChI is InChI=1S/C17H23NO2/c1-20-15-7-8-17(15)9-11-18(12-10-17)16(19)13-14-5-3-2-4-6-14/h2-6,15H,7-13H2,1H3. The Morgan fingerprint density at radius 3 is 2.50 bits per heavy atom. The molecule has 1 heterocycles. The van der Waals surface area contributed by atoms with Gasteiger partial charge in [0.15, 0.2) is 0 Å². The molecule has 1 aliphatic heterocycles. The van der Waals surface area contributed by atoms with Gasteiger partial charge in [-0.05, 0) is 31.2 Å². The molecule has 0 N–H and O–H groups in total. The predicted octanol–water partition coefficient (Wildman–Crippen LogP) is 2.65. The molecule has 1 unspecified atom stereocenters. The van der Waals surface area contributed by atoms with Crippen LogP contribution in [0.15, 0.2) is 30.3 Å². The van der Waals surface area contributed by atoms with Gasteiger partial charge in [-0.25, -0.2) is 0 Å². The van der Waals surface area contributed by atoms with E-state index < -0.39 is 0 Å². The predicted molar refractivity (Wildman–Crippen MR) is 78.4 cm³/mol. The summed E-state index contributed by atoms with van der Waals surface area (Å²) < 4.78 is 5.57. The minimum Gasteiger partial charge on any atom is -0.381 e. The average molecular weight is 273 g/mol. The van der Waals surface area contributed by atoms with E-state index in [9.17, 15) is 4.79 Å². The first kappa shape index (κ1) is 13.6. The van der Waals surface area contributed by atoms with Crippen molar-refractivity contribution in [3.8, 4) is 0 Å². The molecule has 3 nitrogen and oxygen atoms in total. The number of ether oxygens (including phenoxy) is 1. The smallest absolute Gasteiger partial charge is 0.226 e. The Morgan fingerprint density at radius 1 is 1.25 bits per heavy atom. The lowest BCUT2D eigenvalue weighted by molar-refractivity contribution is -0.144. The van der Waals surface area contributed by atoms with Crippen LogP contribution < -0.4 is 0 Å². The van der Waals surface area contributed by atoms with Gasteiger partial charge in [0, 0.05) is 25.6 Å². The zero-order chi connectivity index (χ0) is 14.0. The van der Waals surface area contributed by atoms with Crippen molar-refractivity contribution in [1.82, 2.24) is 4.90 Å². The van der Waals surface area contributed by atoms with Crippen LogP contribution in [0.1, 0.15) is 31.2 Å². The highest BCUT2D eigenvalue weighted by molar-refractivity contribution is 5.78. The van der Waals surface area contributed by atoms with Crippen LogP contribution in [0.4, 0.5) is 0 Å². The molecule has 3 rings (SSSR count). The van der Waals surface area contributed by atoms with Crippen molar-refractivity contribution in [3.63, 3.8) is 0 Å². The largest absolute Gasteiger partial charge is 0.381 e. The van der Waals surface area contributed by atoms with E-state index in [0.29, 0.717) is 17.9 Å². The molecule has 1 saturated carbocycles. The second-order valence-corrected chi connectivity index (χ2v) is 6.17. The van der Waals surface area contributed by atoms with Gasteiger partial charge >= 0.3 is 0 Å². The topological polar surface area (TPSA) is 29.5 Å². The molecular formula is C17H23NO2. The molecule has 108 valence electrons.